The van der Waals surface area contributed by atoms with Crippen LogP contribution in [0.4, 0.5) is 5.95 Å². The standard InChI is InChI=1S/C15H22N6O2/c1-7-21-13-16-11-10(12(22)19(6)14(23)18(11)5)20(13)8-9(17-21)15(2,3)4/h7-8H2,1-6H3. The first kappa shape index (κ1) is 15.5. The van der Waals surface area contributed by atoms with Gasteiger partial charge in [-0.1, -0.05) is 20.8 Å². The molecule has 8 heteroatoms. The predicted molar refractivity (Wildman–Crippen MR) is 90.1 cm³/mol. The summed E-state index contributed by atoms with van der Waals surface area (Å²) in [5.74, 6) is 0.605. The summed E-state index contributed by atoms with van der Waals surface area (Å²) in [7, 11) is 3.12. The molecule has 0 fully saturated rings. The molecule has 0 unspecified atom stereocenters. The molecule has 0 bridgehead atoms. The smallest absolute Gasteiger partial charge is 0.297 e. The zero-order valence-corrected chi connectivity index (χ0v) is 14.4. The lowest BCUT2D eigenvalue weighted by molar-refractivity contribution is 0.551. The van der Waals surface area contributed by atoms with Crippen molar-refractivity contribution in [2.24, 2.45) is 24.6 Å². The van der Waals surface area contributed by atoms with Gasteiger partial charge in [-0.3, -0.25) is 18.5 Å². The van der Waals surface area contributed by atoms with Crippen molar-refractivity contribution in [3.8, 4) is 0 Å². The van der Waals surface area contributed by atoms with E-state index in [0.717, 1.165) is 10.3 Å². The van der Waals surface area contributed by atoms with Crippen LogP contribution in [0.15, 0.2) is 14.7 Å². The van der Waals surface area contributed by atoms with Crippen LogP contribution in [0, 0.1) is 5.41 Å². The normalized spacial score (nSPS) is 15.0. The number of aryl methyl sites for hydroxylation is 1. The molecule has 0 saturated heterocycles. The fourth-order valence-electron chi connectivity index (χ4n) is 2.75. The number of hydrogen-bond acceptors (Lipinski definition) is 5. The molecule has 0 aliphatic carbocycles. The van der Waals surface area contributed by atoms with Crippen molar-refractivity contribution < 1.29 is 0 Å². The highest BCUT2D eigenvalue weighted by Gasteiger charge is 2.30. The Balaban J connectivity index is 2.38. The molecule has 0 atom stereocenters. The zero-order valence-electron chi connectivity index (χ0n) is 14.4. The van der Waals surface area contributed by atoms with E-state index in [1.165, 1.54) is 11.6 Å². The number of rotatable bonds is 1. The summed E-state index contributed by atoms with van der Waals surface area (Å²) in [6.45, 7) is 9.40. The Morgan fingerprint density at radius 1 is 1.13 bits per heavy atom. The van der Waals surface area contributed by atoms with Gasteiger partial charge in [0.25, 0.3) is 5.56 Å². The van der Waals surface area contributed by atoms with Gasteiger partial charge in [0.2, 0.25) is 5.95 Å². The van der Waals surface area contributed by atoms with Gasteiger partial charge >= 0.3 is 5.69 Å². The van der Waals surface area contributed by atoms with Crippen molar-refractivity contribution in [2.75, 3.05) is 11.6 Å². The molecule has 2 aromatic heterocycles. The molecule has 3 heterocycles. The molecule has 0 saturated carbocycles. The van der Waals surface area contributed by atoms with Gasteiger partial charge in [0.1, 0.15) is 0 Å². The second kappa shape index (κ2) is 4.81. The minimum absolute atomic E-state index is 0.117. The molecule has 0 amide bonds. The first-order valence-electron chi connectivity index (χ1n) is 7.68. The van der Waals surface area contributed by atoms with Crippen LogP contribution in [0.5, 0.6) is 0 Å². The summed E-state index contributed by atoms with van der Waals surface area (Å²) in [4.78, 5) is 29.3. The van der Waals surface area contributed by atoms with E-state index in [2.05, 4.69) is 30.9 Å². The lowest BCUT2D eigenvalue weighted by Crippen LogP contribution is -2.39. The first-order chi connectivity index (χ1) is 10.7. The molecule has 3 rings (SSSR count). The lowest BCUT2D eigenvalue weighted by atomic mass is 9.89. The van der Waals surface area contributed by atoms with Gasteiger partial charge in [-0.25, -0.2) is 9.80 Å². The second-order valence-electron chi connectivity index (χ2n) is 6.89. The molecule has 8 nitrogen and oxygen atoms in total. The number of hydrogen-bond donors (Lipinski definition) is 0. The molecule has 0 radical (unpaired) electrons. The zero-order chi connectivity index (χ0) is 17.1. The lowest BCUT2D eigenvalue weighted by Gasteiger charge is -2.30. The minimum atomic E-state index is -0.377. The van der Waals surface area contributed by atoms with Gasteiger partial charge in [-0.2, -0.15) is 10.1 Å². The molecule has 1 aliphatic heterocycles. The number of imidazole rings is 1. The quantitative estimate of drug-likeness (QED) is 0.774. The van der Waals surface area contributed by atoms with Gasteiger partial charge in [-0.15, -0.1) is 0 Å². The molecule has 0 spiro atoms. The first-order valence-corrected chi connectivity index (χ1v) is 7.68. The monoisotopic (exact) mass is 318 g/mol. The van der Waals surface area contributed by atoms with Crippen molar-refractivity contribution in [1.29, 1.82) is 0 Å². The maximum Gasteiger partial charge on any atom is 0.332 e. The molecule has 0 N–H and O–H groups in total. The van der Waals surface area contributed by atoms with Gasteiger partial charge < -0.3 is 0 Å². The largest absolute Gasteiger partial charge is 0.332 e. The van der Waals surface area contributed by atoms with Crippen LogP contribution in [-0.4, -0.2) is 30.9 Å². The molecule has 1 aliphatic rings. The van der Waals surface area contributed by atoms with Gasteiger partial charge in [0.15, 0.2) is 11.2 Å². The van der Waals surface area contributed by atoms with E-state index in [-0.39, 0.29) is 16.7 Å². The third kappa shape index (κ3) is 2.12. The summed E-state index contributed by atoms with van der Waals surface area (Å²) in [6.07, 6.45) is 0. The highest BCUT2D eigenvalue weighted by atomic mass is 16.2. The third-order valence-electron chi connectivity index (χ3n) is 4.27. The summed E-state index contributed by atoms with van der Waals surface area (Å²) >= 11 is 0. The predicted octanol–water partition coefficient (Wildman–Crippen LogP) is 0.676. The Labute approximate surface area is 133 Å². The van der Waals surface area contributed by atoms with Crippen LogP contribution in [0.2, 0.25) is 0 Å². The van der Waals surface area contributed by atoms with E-state index in [1.54, 1.807) is 12.1 Å². The maximum absolute atomic E-state index is 12.6. The average Bonchev–Trinajstić information content (AvgIpc) is 2.88. The maximum atomic E-state index is 12.6. The number of anilines is 1. The Morgan fingerprint density at radius 3 is 2.35 bits per heavy atom. The Bertz CT molecular complexity index is 938. The molecule has 2 aromatic rings. The molecular weight excluding hydrogens is 296 g/mol. The number of hydrazone groups is 1. The SMILES string of the molecule is CCN1N=C(C(C)(C)C)Cn2c1nc1c2c(=O)n(C)c(=O)n1C. The van der Waals surface area contributed by atoms with Crippen LogP contribution in [0.25, 0.3) is 11.2 Å². The number of nitrogens with zero attached hydrogens (tertiary/aromatic N) is 6. The van der Waals surface area contributed by atoms with E-state index in [0.29, 0.717) is 30.2 Å². The van der Waals surface area contributed by atoms with Crippen LogP contribution in [0.3, 0.4) is 0 Å². The second-order valence-corrected chi connectivity index (χ2v) is 6.89. The average molecular weight is 318 g/mol. The van der Waals surface area contributed by atoms with Crippen molar-refractivity contribution in [2.45, 2.75) is 34.2 Å². The van der Waals surface area contributed by atoms with E-state index in [9.17, 15) is 9.59 Å². The van der Waals surface area contributed by atoms with Crippen LogP contribution in [0.1, 0.15) is 27.7 Å². The van der Waals surface area contributed by atoms with Crippen LogP contribution in [-0.2, 0) is 20.6 Å². The number of aromatic nitrogens is 4. The van der Waals surface area contributed by atoms with Crippen molar-refractivity contribution in [3.63, 3.8) is 0 Å². The van der Waals surface area contributed by atoms with Crippen molar-refractivity contribution >= 4 is 22.8 Å². The number of fused-ring (bicyclic) bond motifs is 3. The Hall–Kier alpha value is -2.38. The van der Waals surface area contributed by atoms with E-state index in [4.69, 9.17) is 0 Å². The summed E-state index contributed by atoms with van der Waals surface area (Å²) in [5.41, 5.74) is 0.998. The fourth-order valence-corrected chi connectivity index (χ4v) is 2.75. The van der Waals surface area contributed by atoms with Crippen molar-refractivity contribution in [3.05, 3.63) is 20.8 Å². The summed E-state index contributed by atoms with van der Waals surface area (Å²) in [5, 5.41) is 6.47. The summed E-state index contributed by atoms with van der Waals surface area (Å²) in [6, 6.07) is 0. The van der Waals surface area contributed by atoms with Gasteiger partial charge in [0.05, 0.1) is 12.3 Å². The molecular formula is C15H22N6O2. The highest BCUT2D eigenvalue weighted by molar-refractivity contribution is 5.93. The minimum Gasteiger partial charge on any atom is -0.297 e. The molecule has 23 heavy (non-hydrogen) atoms. The molecule has 0 aromatic carbocycles. The topological polar surface area (TPSA) is 77.4 Å². The van der Waals surface area contributed by atoms with Gasteiger partial charge in [-0.05, 0) is 6.92 Å². The van der Waals surface area contributed by atoms with E-state index in [1.807, 2.05) is 11.5 Å². The van der Waals surface area contributed by atoms with Crippen molar-refractivity contribution in [1.82, 2.24) is 18.7 Å². The Kier molecular flexibility index (Phi) is 3.24. The third-order valence-corrected chi connectivity index (χ3v) is 4.27. The Morgan fingerprint density at radius 2 is 1.78 bits per heavy atom. The van der Waals surface area contributed by atoms with Gasteiger partial charge in [0, 0.05) is 26.1 Å². The molecule has 124 valence electrons. The van der Waals surface area contributed by atoms with E-state index < -0.39 is 0 Å². The van der Waals surface area contributed by atoms with Crippen LogP contribution >= 0.6 is 0 Å². The van der Waals surface area contributed by atoms with Crippen LogP contribution < -0.4 is 16.3 Å². The highest BCUT2D eigenvalue weighted by Crippen LogP contribution is 2.28. The fraction of sp³-hybridized carbons (Fsp3) is 0.600. The van der Waals surface area contributed by atoms with E-state index >= 15 is 0 Å². The summed E-state index contributed by atoms with van der Waals surface area (Å²) < 4.78 is 4.40.